The Morgan fingerprint density at radius 2 is 1.93 bits per heavy atom. The van der Waals surface area contributed by atoms with Crippen molar-refractivity contribution >= 4 is 18.2 Å². The Labute approximate surface area is 160 Å². The molecule has 1 atom stereocenters. The molecule has 0 radical (unpaired) electrons. The number of nitrogens with one attached hydrogen (secondary N) is 1. The van der Waals surface area contributed by atoms with Crippen molar-refractivity contribution in [1.82, 2.24) is 20.0 Å². The fourth-order valence-electron chi connectivity index (χ4n) is 3.53. The summed E-state index contributed by atoms with van der Waals surface area (Å²) >= 11 is 0. The first-order valence-electron chi connectivity index (χ1n) is 9.52. The lowest BCUT2D eigenvalue weighted by Gasteiger charge is -2.36. The molecule has 0 bridgehead atoms. The number of carbonyl (C=O) groups excluding carboxylic acids is 1. The summed E-state index contributed by atoms with van der Waals surface area (Å²) in [4.78, 5) is 27.8. The third-order valence-corrected chi connectivity index (χ3v) is 5.15. The number of urea groups is 1. The first-order valence-corrected chi connectivity index (χ1v) is 9.52. The van der Waals surface area contributed by atoms with Crippen LogP contribution in [0.1, 0.15) is 18.1 Å². The first kappa shape index (κ1) is 17.6. The topological polar surface area (TPSA) is 63.5 Å². The maximum Gasteiger partial charge on any atom is 0.317 e. The molecule has 0 spiro atoms. The highest BCUT2D eigenvalue weighted by atomic mass is 16.2. The Kier molecular flexibility index (Phi) is 4.83. The van der Waals surface area contributed by atoms with E-state index in [-0.39, 0.29) is 6.03 Å². The summed E-state index contributed by atoms with van der Waals surface area (Å²) in [7, 11) is 0. The minimum absolute atomic E-state index is 0.00322. The number of rotatable bonds is 3. The van der Waals surface area contributed by atoms with Crippen molar-refractivity contribution in [3.63, 3.8) is 0 Å². The van der Waals surface area contributed by atoms with Crippen molar-refractivity contribution in [3.05, 3.63) is 47.3 Å². The fraction of sp³-hybridized carbons (Fsp3) is 0.450. The number of piperazine rings is 1. The number of benzene rings is 1. The largest absolute Gasteiger partial charge is 0.353 e. The molecular weight excluding hydrogens is 340 g/mol. The van der Waals surface area contributed by atoms with E-state index in [1.165, 1.54) is 5.56 Å². The Morgan fingerprint density at radius 1 is 1.19 bits per heavy atom. The molecule has 1 aromatic carbocycles. The van der Waals surface area contributed by atoms with E-state index in [2.05, 4.69) is 69.3 Å². The minimum Gasteiger partial charge on any atom is -0.353 e. The van der Waals surface area contributed by atoms with Crippen LogP contribution in [-0.2, 0) is 6.54 Å². The van der Waals surface area contributed by atoms with E-state index in [9.17, 15) is 4.79 Å². The van der Waals surface area contributed by atoms with Gasteiger partial charge < -0.3 is 20.0 Å². The van der Waals surface area contributed by atoms with Gasteiger partial charge >= 0.3 is 6.03 Å². The number of aliphatic imine (C=N–C) groups is 2. The molecule has 142 valence electrons. The molecule has 4 rings (SSSR count). The van der Waals surface area contributed by atoms with Crippen LogP contribution in [-0.4, -0.2) is 71.7 Å². The molecule has 7 heteroatoms. The van der Waals surface area contributed by atoms with Gasteiger partial charge in [-0.2, -0.15) is 0 Å². The van der Waals surface area contributed by atoms with E-state index in [0.29, 0.717) is 25.7 Å². The predicted molar refractivity (Wildman–Crippen MR) is 107 cm³/mol. The van der Waals surface area contributed by atoms with Crippen molar-refractivity contribution in [3.8, 4) is 0 Å². The molecule has 0 unspecified atom stereocenters. The van der Waals surface area contributed by atoms with Gasteiger partial charge in [0.15, 0.2) is 0 Å². The number of nitrogens with zero attached hydrogens (tertiary/aromatic N) is 5. The van der Waals surface area contributed by atoms with E-state index in [1.807, 2.05) is 11.2 Å². The molecule has 1 fully saturated rings. The molecule has 1 aromatic rings. The van der Waals surface area contributed by atoms with Gasteiger partial charge in [0.2, 0.25) is 0 Å². The molecule has 1 N–H and O–H groups in total. The third kappa shape index (κ3) is 3.97. The van der Waals surface area contributed by atoms with Crippen LogP contribution in [0.15, 0.2) is 46.1 Å². The highest BCUT2D eigenvalue weighted by molar-refractivity contribution is 6.03. The lowest BCUT2D eigenvalue weighted by molar-refractivity contribution is 0.156. The van der Waals surface area contributed by atoms with E-state index in [0.717, 1.165) is 36.9 Å². The van der Waals surface area contributed by atoms with Crippen LogP contribution >= 0.6 is 0 Å². The number of aryl methyl sites for hydroxylation is 1. The molecule has 27 heavy (non-hydrogen) atoms. The Morgan fingerprint density at radius 3 is 2.67 bits per heavy atom. The van der Waals surface area contributed by atoms with Crippen LogP contribution in [0, 0.1) is 6.92 Å². The van der Waals surface area contributed by atoms with Crippen LogP contribution in [0.5, 0.6) is 0 Å². The lowest BCUT2D eigenvalue weighted by atomic mass is 10.1. The van der Waals surface area contributed by atoms with E-state index < -0.39 is 0 Å². The summed E-state index contributed by atoms with van der Waals surface area (Å²) < 4.78 is 0. The summed E-state index contributed by atoms with van der Waals surface area (Å²) in [5.74, 6) is 1.93. The van der Waals surface area contributed by atoms with Crippen molar-refractivity contribution < 1.29 is 4.79 Å². The summed E-state index contributed by atoms with van der Waals surface area (Å²) in [6, 6.07) is 8.55. The molecule has 1 saturated heterocycles. The average molecular weight is 366 g/mol. The highest BCUT2D eigenvalue weighted by Crippen LogP contribution is 2.18. The van der Waals surface area contributed by atoms with Crippen molar-refractivity contribution in [1.29, 1.82) is 0 Å². The molecular formula is C20H26N6O. The average Bonchev–Trinajstić information content (AvgIpc) is 3.06. The number of hydrogen-bond acceptors (Lipinski definition) is 5. The van der Waals surface area contributed by atoms with Gasteiger partial charge in [-0.25, -0.2) is 9.79 Å². The molecule has 2 amide bonds. The third-order valence-electron chi connectivity index (χ3n) is 5.15. The van der Waals surface area contributed by atoms with Crippen LogP contribution in [0.3, 0.4) is 0 Å². The number of carbonyl (C=O) groups is 1. The number of amidine groups is 1. The minimum atomic E-state index is -0.00322. The monoisotopic (exact) mass is 366 g/mol. The Hall–Kier alpha value is -2.83. The van der Waals surface area contributed by atoms with E-state index in [1.54, 1.807) is 0 Å². The molecule has 3 aliphatic rings. The smallest absolute Gasteiger partial charge is 0.317 e. The Balaban J connectivity index is 1.28. The molecule has 7 nitrogen and oxygen atoms in total. The van der Waals surface area contributed by atoms with Gasteiger partial charge in [0.05, 0.1) is 12.4 Å². The van der Waals surface area contributed by atoms with Crippen molar-refractivity contribution in [2.24, 2.45) is 9.98 Å². The van der Waals surface area contributed by atoms with E-state index in [4.69, 9.17) is 0 Å². The normalized spacial score (nSPS) is 21.7. The van der Waals surface area contributed by atoms with Gasteiger partial charge in [0, 0.05) is 45.3 Å². The maximum atomic E-state index is 12.4. The van der Waals surface area contributed by atoms with Gasteiger partial charge in [-0.1, -0.05) is 29.8 Å². The van der Waals surface area contributed by atoms with E-state index >= 15 is 0 Å². The zero-order valence-corrected chi connectivity index (χ0v) is 15.9. The van der Waals surface area contributed by atoms with Crippen molar-refractivity contribution in [2.45, 2.75) is 26.4 Å². The van der Waals surface area contributed by atoms with Gasteiger partial charge in [-0.15, -0.1) is 0 Å². The van der Waals surface area contributed by atoms with Crippen LogP contribution < -0.4 is 5.32 Å². The molecule has 3 heterocycles. The van der Waals surface area contributed by atoms with Gasteiger partial charge in [0.25, 0.3) is 0 Å². The summed E-state index contributed by atoms with van der Waals surface area (Å²) in [6.07, 6.45) is 3.93. The second-order valence-corrected chi connectivity index (χ2v) is 7.35. The molecule has 0 aliphatic carbocycles. The second kappa shape index (κ2) is 7.42. The number of amides is 2. The Bertz CT molecular complexity index is 789. The predicted octanol–water partition coefficient (Wildman–Crippen LogP) is 1.81. The highest BCUT2D eigenvalue weighted by Gasteiger charge is 2.26. The molecule has 0 saturated carbocycles. The number of fused-ring (bicyclic) bond motifs is 1. The standard InChI is InChI=1S/C20H26N6O/c1-15-3-5-17(6-4-15)12-21-20(27)25-9-7-24(8-10-25)18-11-19-23-16(2)13-26(19)14-22-18/h3-6,11,14,16H,7-10,12-13H2,1-2H3,(H,21,27)/t16-/m1/s1. The summed E-state index contributed by atoms with van der Waals surface area (Å²) in [5.41, 5.74) is 2.34. The number of hydrogen-bond donors (Lipinski definition) is 1. The van der Waals surface area contributed by atoms with Crippen LogP contribution in [0.2, 0.25) is 0 Å². The lowest BCUT2D eigenvalue weighted by Crippen LogP contribution is -2.51. The fourth-order valence-corrected chi connectivity index (χ4v) is 3.53. The summed E-state index contributed by atoms with van der Waals surface area (Å²) in [5, 5.41) is 3.02. The second-order valence-electron chi connectivity index (χ2n) is 7.35. The van der Waals surface area contributed by atoms with Crippen LogP contribution in [0.4, 0.5) is 4.79 Å². The van der Waals surface area contributed by atoms with Gasteiger partial charge in [-0.3, -0.25) is 4.99 Å². The van der Waals surface area contributed by atoms with Crippen LogP contribution in [0.25, 0.3) is 0 Å². The van der Waals surface area contributed by atoms with Crippen molar-refractivity contribution in [2.75, 3.05) is 32.7 Å². The zero-order valence-electron chi connectivity index (χ0n) is 15.9. The SMILES string of the molecule is Cc1ccc(CNC(=O)N2CCN(C3=CC4=N[C@H](C)CN4C=N3)CC2)cc1. The summed E-state index contributed by atoms with van der Waals surface area (Å²) in [6.45, 7) is 8.58. The zero-order chi connectivity index (χ0) is 18.8. The molecule has 3 aliphatic heterocycles. The molecule has 0 aromatic heterocycles. The van der Waals surface area contributed by atoms with Gasteiger partial charge in [-0.05, 0) is 19.4 Å². The first-order chi connectivity index (χ1) is 13.1. The van der Waals surface area contributed by atoms with Gasteiger partial charge in [0.1, 0.15) is 11.7 Å². The maximum absolute atomic E-state index is 12.4. The quantitative estimate of drug-likeness (QED) is 0.887.